The van der Waals surface area contributed by atoms with Crippen molar-refractivity contribution in [2.75, 3.05) is 6.61 Å². The van der Waals surface area contributed by atoms with Crippen molar-refractivity contribution in [3.63, 3.8) is 0 Å². The summed E-state index contributed by atoms with van der Waals surface area (Å²) in [6.07, 6.45) is 1.12. The molecule has 0 atom stereocenters. The maximum atomic E-state index is 12.0. The van der Waals surface area contributed by atoms with Gasteiger partial charge in [0.1, 0.15) is 5.75 Å². The van der Waals surface area contributed by atoms with Gasteiger partial charge < -0.3 is 4.74 Å². The molecular formula is C16H23N3O3S. The van der Waals surface area contributed by atoms with Crippen molar-refractivity contribution in [2.24, 2.45) is 5.92 Å². The summed E-state index contributed by atoms with van der Waals surface area (Å²) in [5, 5.41) is 2.53. The number of thiocarbonyl (C=S) groups is 1. The van der Waals surface area contributed by atoms with Gasteiger partial charge in [-0.25, -0.2) is 0 Å². The molecule has 1 rings (SSSR count). The van der Waals surface area contributed by atoms with E-state index < -0.39 is 0 Å². The molecule has 0 heterocycles. The van der Waals surface area contributed by atoms with Crippen molar-refractivity contribution in [2.45, 2.75) is 33.6 Å². The van der Waals surface area contributed by atoms with Crippen LogP contribution in [0.5, 0.6) is 5.75 Å². The molecule has 23 heavy (non-hydrogen) atoms. The molecule has 0 saturated carbocycles. The number of hydrogen-bond acceptors (Lipinski definition) is 4. The molecule has 1 aromatic rings. The minimum absolute atomic E-state index is 0.0413. The Kier molecular flexibility index (Phi) is 8.04. The fraction of sp³-hybridized carbons (Fsp3) is 0.438. The topological polar surface area (TPSA) is 79.5 Å². The van der Waals surface area contributed by atoms with Crippen LogP contribution >= 0.6 is 12.2 Å². The molecule has 3 N–H and O–H groups in total. The van der Waals surface area contributed by atoms with Crippen LogP contribution < -0.4 is 20.9 Å². The molecule has 1 aromatic carbocycles. The van der Waals surface area contributed by atoms with Gasteiger partial charge in [-0.3, -0.25) is 25.8 Å². The number of carbonyl (C=O) groups is 2. The molecule has 7 heteroatoms. The van der Waals surface area contributed by atoms with E-state index in [0.717, 1.165) is 6.42 Å². The quantitative estimate of drug-likeness (QED) is 0.547. The van der Waals surface area contributed by atoms with E-state index in [2.05, 4.69) is 30.0 Å². The van der Waals surface area contributed by atoms with Crippen LogP contribution in [-0.2, 0) is 4.79 Å². The van der Waals surface area contributed by atoms with E-state index in [-0.39, 0.29) is 16.9 Å². The molecule has 0 unspecified atom stereocenters. The van der Waals surface area contributed by atoms with E-state index in [1.807, 2.05) is 6.92 Å². The van der Waals surface area contributed by atoms with Gasteiger partial charge in [0.15, 0.2) is 5.11 Å². The van der Waals surface area contributed by atoms with Crippen LogP contribution in [0.15, 0.2) is 24.3 Å². The van der Waals surface area contributed by atoms with Gasteiger partial charge in [0.05, 0.1) is 6.61 Å². The minimum Gasteiger partial charge on any atom is -0.493 e. The van der Waals surface area contributed by atoms with E-state index in [0.29, 0.717) is 30.3 Å². The Morgan fingerprint density at radius 3 is 2.39 bits per heavy atom. The average molecular weight is 337 g/mol. The van der Waals surface area contributed by atoms with Crippen molar-refractivity contribution in [1.29, 1.82) is 0 Å². The highest BCUT2D eigenvalue weighted by atomic mass is 32.1. The standard InChI is InChI=1S/C16H23N3O3S/c1-4-5-14(20)18-19-16(23)17-15(21)12-6-8-13(9-7-12)22-10-11(2)3/h6-9,11H,4-5,10H2,1-3H3,(H,18,20)(H2,17,19,21,23). The highest BCUT2D eigenvalue weighted by Gasteiger charge is 2.08. The third-order valence-corrected chi connectivity index (χ3v) is 2.92. The third-order valence-electron chi connectivity index (χ3n) is 2.72. The molecule has 0 radical (unpaired) electrons. The van der Waals surface area contributed by atoms with Crippen molar-refractivity contribution in [1.82, 2.24) is 16.2 Å². The lowest BCUT2D eigenvalue weighted by atomic mass is 10.2. The molecule has 0 fully saturated rings. The molecule has 0 aliphatic heterocycles. The summed E-state index contributed by atoms with van der Waals surface area (Å²) in [5.41, 5.74) is 5.35. The highest BCUT2D eigenvalue weighted by Crippen LogP contribution is 2.13. The van der Waals surface area contributed by atoms with Gasteiger partial charge >= 0.3 is 0 Å². The predicted octanol–water partition coefficient (Wildman–Crippen LogP) is 2.16. The Morgan fingerprint density at radius 1 is 1.17 bits per heavy atom. The number of carbonyl (C=O) groups excluding carboxylic acids is 2. The highest BCUT2D eigenvalue weighted by molar-refractivity contribution is 7.80. The van der Waals surface area contributed by atoms with Crippen LogP contribution in [-0.4, -0.2) is 23.5 Å². The fourth-order valence-corrected chi connectivity index (χ4v) is 1.73. The van der Waals surface area contributed by atoms with Crippen molar-refractivity contribution >= 4 is 29.1 Å². The first-order valence-corrected chi connectivity index (χ1v) is 7.96. The second kappa shape index (κ2) is 9.78. The first kappa shape index (κ1) is 18.9. The number of rotatable bonds is 6. The summed E-state index contributed by atoms with van der Waals surface area (Å²) in [6.45, 7) is 6.65. The van der Waals surface area contributed by atoms with Gasteiger partial charge in [0.2, 0.25) is 5.91 Å². The summed E-state index contributed by atoms with van der Waals surface area (Å²) < 4.78 is 5.55. The van der Waals surface area contributed by atoms with Crippen LogP contribution in [0.4, 0.5) is 0 Å². The Balaban J connectivity index is 2.44. The number of ether oxygens (including phenoxy) is 1. The maximum Gasteiger partial charge on any atom is 0.257 e. The largest absolute Gasteiger partial charge is 0.493 e. The van der Waals surface area contributed by atoms with Gasteiger partial charge in [-0.1, -0.05) is 20.8 Å². The minimum atomic E-state index is -0.359. The normalized spacial score (nSPS) is 10.1. The Labute approximate surface area is 141 Å². The zero-order chi connectivity index (χ0) is 17.2. The molecular weight excluding hydrogens is 314 g/mol. The molecule has 0 bridgehead atoms. The van der Waals surface area contributed by atoms with Crippen LogP contribution in [0.1, 0.15) is 44.0 Å². The predicted molar refractivity (Wildman–Crippen MR) is 93.0 cm³/mol. The molecule has 0 aromatic heterocycles. The Hall–Kier alpha value is -2.15. The number of hydrogen-bond donors (Lipinski definition) is 3. The molecule has 6 nitrogen and oxygen atoms in total. The maximum absolute atomic E-state index is 12.0. The van der Waals surface area contributed by atoms with Gasteiger partial charge in [0, 0.05) is 12.0 Å². The Morgan fingerprint density at radius 2 is 1.83 bits per heavy atom. The van der Waals surface area contributed by atoms with E-state index in [1.165, 1.54) is 0 Å². The summed E-state index contributed by atoms with van der Waals surface area (Å²) in [6, 6.07) is 6.78. The van der Waals surface area contributed by atoms with E-state index in [9.17, 15) is 9.59 Å². The lowest BCUT2D eigenvalue weighted by Gasteiger charge is -2.11. The molecule has 0 aliphatic carbocycles. The first-order chi connectivity index (χ1) is 10.9. The Bertz CT molecular complexity index is 544. The van der Waals surface area contributed by atoms with Crippen molar-refractivity contribution in [3.8, 4) is 5.75 Å². The van der Waals surface area contributed by atoms with Gasteiger partial charge in [-0.2, -0.15) is 0 Å². The number of nitrogens with one attached hydrogen (secondary N) is 3. The fourth-order valence-electron chi connectivity index (χ4n) is 1.59. The molecule has 0 spiro atoms. The monoisotopic (exact) mass is 337 g/mol. The van der Waals surface area contributed by atoms with Crippen LogP contribution in [0.3, 0.4) is 0 Å². The number of hydrazine groups is 1. The second-order valence-electron chi connectivity index (χ2n) is 5.44. The lowest BCUT2D eigenvalue weighted by Crippen LogP contribution is -2.48. The van der Waals surface area contributed by atoms with Crippen molar-refractivity contribution in [3.05, 3.63) is 29.8 Å². The first-order valence-electron chi connectivity index (χ1n) is 7.55. The SMILES string of the molecule is CCCC(=O)NNC(=S)NC(=O)c1ccc(OCC(C)C)cc1. The van der Waals surface area contributed by atoms with Crippen LogP contribution in [0, 0.1) is 5.92 Å². The molecule has 0 saturated heterocycles. The molecule has 0 aliphatic rings. The summed E-state index contributed by atoms with van der Waals surface area (Å²) in [7, 11) is 0. The molecule has 126 valence electrons. The number of amides is 2. The van der Waals surface area contributed by atoms with Crippen LogP contribution in [0.2, 0.25) is 0 Å². The zero-order valence-electron chi connectivity index (χ0n) is 13.6. The van der Waals surface area contributed by atoms with Crippen LogP contribution in [0.25, 0.3) is 0 Å². The van der Waals surface area contributed by atoms with E-state index >= 15 is 0 Å². The summed E-state index contributed by atoms with van der Waals surface area (Å²) >= 11 is 4.95. The van der Waals surface area contributed by atoms with E-state index in [1.54, 1.807) is 24.3 Å². The van der Waals surface area contributed by atoms with Gasteiger partial charge in [-0.05, 0) is 48.8 Å². The van der Waals surface area contributed by atoms with Crippen molar-refractivity contribution < 1.29 is 14.3 Å². The summed E-state index contributed by atoms with van der Waals surface area (Å²) in [4.78, 5) is 23.3. The smallest absolute Gasteiger partial charge is 0.257 e. The molecule has 2 amide bonds. The lowest BCUT2D eigenvalue weighted by molar-refractivity contribution is -0.121. The summed E-state index contributed by atoms with van der Waals surface area (Å²) in [5.74, 6) is 0.602. The van der Waals surface area contributed by atoms with Gasteiger partial charge in [-0.15, -0.1) is 0 Å². The average Bonchev–Trinajstić information content (AvgIpc) is 2.51. The number of benzene rings is 1. The third kappa shape index (κ3) is 7.60. The zero-order valence-corrected chi connectivity index (χ0v) is 14.5. The van der Waals surface area contributed by atoms with E-state index in [4.69, 9.17) is 17.0 Å². The second-order valence-corrected chi connectivity index (χ2v) is 5.84. The van der Waals surface area contributed by atoms with Gasteiger partial charge in [0.25, 0.3) is 5.91 Å².